The molecule has 2 aromatic heterocycles. The van der Waals surface area contributed by atoms with Crippen LogP contribution in [0.15, 0.2) is 41.8 Å². The van der Waals surface area contributed by atoms with Gasteiger partial charge in [0.1, 0.15) is 11.6 Å². The van der Waals surface area contributed by atoms with E-state index >= 15 is 0 Å². The van der Waals surface area contributed by atoms with Gasteiger partial charge in [-0.2, -0.15) is 0 Å². The van der Waals surface area contributed by atoms with E-state index in [4.69, 9.17) is 0 Å². The molecule has 1 unspecified atom stereocenters. The molecule has 5 heteroatoms. The Labute approximate surface area is 134 Å². The molecule has 2 heterocycles. The highest BCUT2D eigenvalue weighted by Gasteiger charge is 2.11. The lowest BCUT2D eigenvalue weighted by molar-refractivity contribution is 0.833. The molecule has 0 spiro atoms. The second kappa shape index (κ2) is 6.23. The first-order valence-electron chi connectivity index (χ1n) is 7.21. The van der Waals surface area contributed by atoms with Crippen LogP contribution in [-0.4, -0.2) is 15.0 Å². The molecule has 0 aliphatic heterocycles. The summed E-state index contributed by atoms with van der Waals surface area (Å²) >= 11 is 1.66. The van der Waals surface area contributed by atoms with Gasteiger partial charge in [0, 0.05) is 17.0 Å². The summed E-state index contributed by atoms with van der Waals surface area (Å²) in [6.07, 6.45) is 0. The summed E-state index contributed by atoms with van der Waals surface area (Å²) in [4.78, 5) is 13.5. The van der Waals surface area contributed by atoms with E-state index < -0.39 is 0 Å². The predicted octanol–water partition coefficient (Wildman–Crippen LogP) is 4.39. The first kappa shape index (κ1) is 14.7. The van der Waals surface area contributed by atoms with Crippen LogP contribution in [0.5, 0.6) is 0 Å². The predicted molar refractivity (Wildman–Crippen MR) is 91.1 cm³/mol. The summed E-state index contributed by atoms with van der Waals surface area (Å²) in [5.74, 6) is 1.58. The summed E-state index contributed by atoms with van der Waals surface area (Å²) in [6, 6.07) is 12.2. The molecule has 0 aliphatic rings. The van der Waals surface area contributed by atoms with Crippen molar-refractivity contribution in [2.24, 2.45) is 0 Å². The lowest BCUT2D eigenvalue weighted by atomic mass is 10.1. The van der Waals surface area contributed by atoms with Crippen molar-refractivity contribution in [3.63, 3.8) is 0 Å². The van der Waals surface area contributed by atoms with Crippen LogP contribution in [0.3, 0.4) is 0 Å². The number of benzene rings is 1. The standard InChI is InChI=1S/C17H18N4S/c1-11(16-10-22-13(3)21-16)18-17-9-15(19-12(2)20-17)14-7-5-4-6-8-14/h4-11H,1-3H3,(H,18,19,20). The largest absolute Gasteiger partial charge is 0.362 e. The molecule has 22 heavy (non-hydrogen) atoms. The summed E-state index contributed by atoms with van der Waals surface area (Å²) in [6.45, 7) is 6.02. The minimum absolute atomic E-state index is 0.114. The molecule has 4 nitrogen and oxygen atoms in total. The van der Waals surface area contributed by atoms with Crippen LogP contribution in [0.4, 0.5) is 5.82 Å². The number of anilines is 1. The maximum atomic E-state index is 4.52. The summed E-state index contributed by atoms with van der Waals surface area (Å²) < 4.78 is 0. The van der Waals surface area contributed by atoms with E-state index in [-0.39, 0.29) is 6.04 Å². The Bertz CT molecular complexity index is 767. The van der Waals surface area contributed by atoms with Gasteiger partial charge in [0.2, 0.25) is 0 Å². The molecular weight excluding hydrogens is 292 g/mol. The minimum Gasteiger partial charge on any atom is -0.362 e. The van der Waals surface area contributed by atoms with Crippen molar-refractivity contribution in [1.82, 2.24) is 15.0 Å². The van der Waals surface area contributed by atoms with E-state index in [0.29, 0.717) is 0 Å². The first-order valence-corrected chi connectivity index (χ1v) is 8.09. The Morgan fingerprint density at radius 1 is 1.05 bits per heavy atom. The average molecular weight is 310 g/mol. The van der Waals surface area contributed by atoms with Crippen LogP contribution in [0.25, 0.3) is 11.3 Å². The quantitative estimate of drug-likeness (QED) is 0.776. The van der Waals surface area contributed by atoms with E-state index in [1.54, 1.807) is 11.3 Å². The lowest BCUT2D eigenvalue weighted by Gasteiger charge is -2.13. The fraction of sp³-hybridized carbons (Fsp3) is 0.235. The molecule has 0 bridgehead atoms. The van der Waals surface area contributed by atoms with Crippen molar-refractivity contribution in [3.8, 4) is 11.3 Å². The summed E-state index contributed by atoms with van der Waals surface area (Å²) in [5, 5.41) is 6.57. The first-order chi connectivity index (χ1) is 10.6. The smallest absolute Gasteiger partial charge is 0.130 e. The summed E-state index contributed by atoms with van der Waals surface area (Å²) in [5.41, 5.74) is 3.06. The third-order valence-electron chi connectivity index (χ3n) is 3.35. The Balaban J connectivity index is 1.87. The molecule has 3 aromatic rings. The van der Waals surface area contributed by atoms with Crippen molar-refractivity contribution in [2.45, 2.75) is 26.8 Å². The van der Waals surface area contributed by atoms with E-state index in [1.807, 2.05) is 38.1 Å². The Morgan fingerprint density at radius 3 is 2.50 bits per heavy atom. The van der Waals surface area contributed by atoms with Gasteiger partial charge in [0.25, 0.3) is 0 Å². The van der Waals surface area contributed by atoms with Gasteiger partial charge in [-0.3, -0.25) is 0 Å². The van der Waals surface area contributed by atoms with Crippen molar-refractivity contribution in [2.75, 3.05) is 5.32 Å². The fourth-order valence-electron chi connectivity index (χ4n) is 2.27. The van der Waals surface area contributed by atoms with Gasteiger partial charge in [-0.05, 0) is 20.8 Å². The van der Waals surface area contributed by atoms with Gasteiger partial charge in [-0.25, -0.2) is 15.0 Å². The van der Waals surface area contributed by atoms with Gasteiger partial charge < -0.3 is 5.32 Å². The van der Waals surface area contributed by atoms with Gasteiger partial charge in [-0.15, -0.1) is 11.3 Å². The highest BCUT2D eigenvalue weighted by Crippen LogP contribution is 2.23. The molecule has 0 saturated carbocycles. The van der Waals surface area contributed by atoms with Gasteiger partial charge in [0.15, 0.2) is 0 Å². The molecule has 1 atom stereocenters. The number of rotatable bonds is 4. The molecule has 0 aliphatic carbocycles. The normalized spacial score (nSPS) is 12.1. The highest BCUT2D eigenvalue weighted by molar-refractivity contribution is 7.09. The van der Waals surface area contributed by atoms with E-state index in [9.17, 15) is 0 Å². The fourth-order valence-corrected chi connectivity index (χ4v) is 2.98. The van der Waals surface area contributed by atoms with Gasteiger partial charge in [0.05, 0.1) is 22.4 Å². The Morgan fingerprint density at radius 2 is 1.82 bits per heavy atom. The Kier molecular flexibility index (Phi) is 4.15. The maximum Gasteiger partial charge on any atom is 0.130 e. The monoisotopic (exact) mass is 310 g/mol. The van der Waals surface area contributed by atoms with Crippen LogP contribution in [-0.2, 0) is 0 Å². The molecule has 1 aromatic carbocycles. The van der Waals surface area contributed by atoms with E-state index in [0.717, 1.165) is 33.6 Å². The number of nitrogens with zero attached hydrogens (tertiary/aromatic N) is 3. The van der Waals surface area contributed by atoms with Gasteiger partial charge in [-0.1, -0.05) is 30.3 Å². The molecule has 0 amide bonds. The van der Waals surface area contributed by atoms with Crippen molar-refractivity contribution in [3.05, 3.63) is 58.3 Å². The van der Waals surface area contributed by atoms with Gasteiger partial charge >= 0.3 is 0 Å². The number of hydrogen-bond donors (Lipinski definition) is 1. The van der Waals surface area contributed by atoms with Crippen LogP contribution in [0.2, 0.25) is 0 Å². The second-order valence-electron chi connectivity index (χ2n) is 5.21. The molecule has 0 saturated heterocycles. The number of hydrogen-bond acceptors (Lipinski definition) is 5. The third-order valence-corrected chi connectivity index (χ3v) is 4.14. The van der Waals surface area contributed by atoms with Crippen molar-refractivity contribution < 1.29 is 0 Å². The zero-order valence-electron chi connectivity index (χ0n) is 12.9. The number of nitrogens with one attached hydrogen (secondary N) is 1. The highest BCUT2D eigenvalue weighted by atomic mass is 32.1. The van der Waals surface area contributed by atoms with E-state index in [2.05, 4.69) is 44.7 Å². The zero-order valence-corrected chi connectivity index (χ0v) is 13.7. The molecular formula is C17H18N4S. The number of aryl methyl sites for hydroxylation is 2. The summed E-state index contributed by atoms with van der Waals surface area (Å²) in [7, 11) is 0. The average Bonchev–Trinajstić information content (AvgIpc) is 2.94. The van der Waals surface area contributed by atoms with Crippen LogP contribution < -0.4 is 5.32 Å². The van der Waals surface area contributed by atoms with E-state index in [1.165, 1.54) is 0 Å². The molecule has 0 radical (unpaired) electrons. The van der Waals surface area contributed by atoms with Crippen molar-refractivity contribution >= 4 is 17.2 Å². The molecule has 0 fully saturated rings. The molecule has 3 rings (SSSR count). The van der Waals surface area contributed by atoms with Crippen molar-refractivity contribution in [1.29, 1.82) is 0 Å². The second-order valence-corrected chi connectivity index (χ2v) is 6.27. The third kappa shape index (κ3) is 3.31. The number of aromatic nitrogens is 3. The van der Waals surface area contributed by atoms with Crippen LogP contribution in [0.1, 0.15) is 29.5 Å². The zero-order chi connectivity index (χ0) is 15.5. The van der Waals surface area contributed by atoms with Crippen LogP contribution in [0, 0.1) is 13.8 Å². The Hall–Kier alpha value is -2.27. The van der Waals surface area contributed by atoms with Crippen LogP contribution >= 0.6 is 11.3 Å². The number of thiazole rings is 1. The minimum atomic E-state index is 0.114. The topological polar surface area (TPSA) is 50.7 Å². The SMILES string of the molecule is Cc1nc(NC(C)c2csc(C)n2)cc(-c2ccccc2)n1. The molecule has 1 N–H and O–H groups in total. The lowest BCUT2D eigenvalue weighted by Crippen LogP contribution is -2.09. The molecule has 112 valence electrons. The maximum absolute atomic E-state index is 4.52.